The molecule has 4 N–H and O–H groups in total. The Morgan fingerprint density at radius 2 is 1.70 bits per heavy atom. The number of nitrogens with zero attached hydrogens (tertiary/aromatic N) is 1. The molecule has 23 heavy (non-hydrogen) atoms. The number of rotatable bonds is 5. The lowest BCUT2D eigenvalue weighted by molar-refractivity contribution is -0.166. The average molecular weight is 314 g/mol. The fourth-order valence-electron chi connectivity index (χ4n) is 2.37. The van der Waals surface area contributed by atoms with Crippen molar-refractivity contribution in [3.8, 4) is 0 Å². The van der Waals surface area contributed by atoms with Gasteiger partial charge in [0.15, 0.2) is 0 Å². The van der Waals surface area contributed by atoms with Crippen molar-refractivity contribution in [2.75, 3.05) is 12.8 Å². The maximum atomic E-state index is 12.1. The number of ketones is 1. The Bertz CT molecular complexity index is 716. The van der Waals surface area contributed by atoms with Crippen LogP contribution in [0.15, 0.2) is 54.6 Å². The van der Waals surface area contributed by atoms with Crippen LogP contribution < -0.4 is 5.73 Å². The van der Waals surface area contributed by atoms with Crippen LogP contribution in [0.2, 0.25) is 0 Å². The van der Waals surface area contributed by atoms with E-state index in [2.05, 4.69) is 0 Å². The predicted molar refractivity (Wildman–Crippen MR) is 84.5 cm³/mol. The zero-order chi connectivity index (χ0) is 17.0. The van der Waals surface area contributed by atoms with Crippen LogP contribution in [0.5, 0.6) is 0 Å². The van der Waals surface area contributed by atoms with E-state index in [-0.39, 0.29) is 5.06 Å². The van der Waals surface area contributed by atoms with Crippen molar-refractivity contribution >= 4 is 17.4 Å². The van der Waals surface area contributed by atoms with Crippen LogP contribution in [0.1, 0.15) is 17.5 Å². The molecule has 0 saturated heterocycles. The van der Waals surface area contributed by atoms with Gasteiger partial charge in [-0.25, -0.2) is 5.06 Å². The molecule has 1 amide bonds. The lowest BCUT2D eigenvalue weighted by Gasteiger charge is -2.29. The number of hydrogen-bond acceptors (Lipinski definition) is 5. The fraction of sp³-hybridized carbons (Fsp3) is 0.176. The van der Waals surface area contributed by atoms with Gasteiger partial charge in [-0.05, 0) is 23.3 Å². The highest BCUT2D eigenvalue weighted by Crippen LogP contribution is 2.34. The molecule has 0 fully saturated rings. The number of Topliss-reactive ketones (excluding diaryl/α,β-unsaturated/α-hetero) is 1. The summed E-state index contributed by atoms with van der Waals surface area (Å²) >= 11 is 0. The Morgan fingerprint density at radius 3 is 2.26 bits per heavy atom. The first-order valence-electron chi connectivity index (χ1n) is 6.98. The number of anilines is 1. The summed E-state index contributed by atoms with van der Waals surface area (Å²) in [7, 11) is 1.06. The lowest BCUT2D eigenvalue weighted by Crippen LogP contribution is -2.37. The molecule has 2 rings (SSSR count). The van der Waals surface area contributed by atoms with Gasteiger partial charge in [0.2, 0.25) is 5.78 Å². The van der Waals surface area contributed by atoms with Gasteiger partial charge >= 0.3 is 5.91 Å². The topological polar surface area (TPSA) is 104 Å². The average Bonchev–Trinajstić information content (AvgIpc) is 2.54. The number of nitrogen functional groups attached to an aromatic ring is 1. The lowest BCUT2D eigenvalue weighted by atomic mass is 9.82. The van der Waals surface area contributed by atoms with Gasteiger partial charge in [0.25, 0.3) is 0 Å². The second-order valence-electron chi connectivity index (χ2n) is 5.28. The van der Waals surface area contributed by atoms with Gasteiger partial charge in [-0.15, -0.1) is 0 Å². The van der Waals surface area contributed by atoms with Gasteiger partial charge in [0, 0.05) is 12.7 Å². The maximum Gasteiger partial charge on any atom is 0.313 e. The molecule has 0 aliphatic rings. The fourth-order valence-corrected chi connectivity index (χ4v) is 2.37. The Labute approximate surface area is 133 Å². The van der Waals surface area contributed by atoms with Crippen LogP contribution in [0.25, 0.3) is 0 Å². The van der Waals surface area contributed by atoms with Gasteiger partial charge in [-0.3, -0.25) is 14.8 Å². The Hall–Kier alpha value is -2.70. The number of hydrogen-bond donors (Lipinski definition) is 3. The van der Waals surface area contributed by atoms with Crippen molar-refractivity contribution in [1.29, 1.82) is 0 Å². The summed E-state index contributed by atoms with van der Waals surface area (Å²) in [6.45, 7) is 0. The van der Waals surface area contributed by atoms with Gasteiger partial charge < -0.3 is 10.8 Å². The second kappa shape index (κ2) is 6.60. The van der Waals surface area contributed by atoms with E-state index in [0.29, 0.717) is 16.8 Å². The maximum absolute atomic E-state index is 12.1. The minimum absolute atomic E-state index is 0.201. The molecule has 1 unspecified atom stereocenters. The van der Waals surface area contributed by atoms with E-state index in [4.69, 9.17) is 10.9 Å². The third-order valence-corrected chi connectivity index (χ3v) is 3.56. The molecule has 6 nitrogen and oxygen atoms in total. The molecule has 0 heterocycles. The molecule has 0 radical (unpaired) electrons. The van der Waals surface area contributed by atoms with Crippen molar-refractivity contribution in [2.24, 2.45) is 0 Å². The first kappa shape index (κ1) is 16.7. The third kappa shape index (κ3) is 3.56. The summed E-state index contributed by atoms with van der Waals surface area (Å²) in [5.41, 5.74) is 5.31. The summed E-state index contributed by atoms with van der Waals surface area (Å²) in [4.78, 5) is 23.7. The van der Waals surface area contributed by atoms with E-state index in [1.165, 1.54) is 0 Å². The molecule has 0 aliphatic carbocycles. The zero-order valence-corrected chi connectivity index (χ0v) is 12.6. The monoisotopic (exact) mass is 314 g/mol. The summed E-state index contributed by atoms with van der Waals surface area (Å²) in [6, 6.07) is 15.0. The molecule has 2 aromatic rings. The molecule has 6 heteroatoms. The minimum Gasteiger partial charge on any atom is -0.399 e. The van der Waals surface area contributed by atoms with Crippen molar-refractivity contribution in [2.45, 2.75) is 12.0 Å². The number of carbonyl (C=O) groups is 2. The van der Waals surface area contributed by atoms with Gasteiger partial charge in [0.05, 0.1) is 6.42 Å². The standard InChI is InChI=1S/C17H18N2O4/c1-19(23)16(21)15(20)11-17(22,12-6-3-2-4-7-12)13-8-5-9-14(18)10-13/h2-10,22-23H,11,18H2,1H3. The second-order valence-corrected chi connectivity index (χ2v) is 5.28. The summed E-state index contributed by atoms with van der Waals surface area (Å²) < 4.78 is 0. The number of hydroxylamine groups is 2. The van der Waals surface area contributed by atoms with Crippen LogP contribution in [-0.4, -0.2) is 34.1 Å². The third-order valence-electron chi connectivity index (χ3n) is 3.56. The van der Waals surface area contributed by atoms with E-state index in [0.717, 1.165) is 7.05 Å². The quantitative estimate of drug-likeness (QED) is 0.334. The Morgan fingerprint density at radius 1 is 1.09 bits per heavy atom. The van der Waals surface area contributed by atoms with Gasteiger partial charge in [-0.2, -0.15) is 0 Å². The predicted octanol–water partition coefficient (Wildman–Crippen LogP) is 1.31. The molecule has 0 saturated carbocycles. The highest BCUT2D eigenvalue weighted by atomic mass is 16.5. The highest BCUT2D eigenvalue weighted by Gasteiger charge is 2.37. The highest BCUT2D eigenvalue weighted by molar-refractivity contribution is 6.35. The summed E-state index contributed by atoms with van der Waals surface area (Å²) in [6.07, 6.45) is -0.510. The van der Waals surface area contributed by atoms with Crippen molar-refractivity contribution in [3.05, 3.63) is 65.7 Å². The molecular formula is C17H18N2O4. The smallest absolute Gasteiger partial charge is 0.313 e. The van der Waals surface area contributed by atoms with Gasteiger partial charge in [-0.1, -0.05) is 42.5 Å². The molecule has 1 atom stereocenters. The zero-order valence-electron chi connectivity index (χ0n) is 12.6. The Balaban J connectivity index is 2.48. The van der Waals surface area contributed by atoms with E-state index >= 15 is 0 Å². The normalized spacial score (nSPS) is 13.2. The Kier molecular flexibility index (Phi) is 4.78. The van der Waals surface area contributed by atoms with Crippen LogP contribution >= 0.6 is 0 Å². The van der Waals surface area contributed by atoms with E-state index in [9.17, 15) is 14.7 Å². The number of aliphatic hydroxyl groups is 1. The largest absolute Gasteiger partial charge is 0.399 e. The minimum atomic E-state index is -1.72. The van der Waals surface area contributed by atoms with E-state index in [1.54, 1.807) is 54.6 Å². The molecule has 120 valence electrons. The van der Waals surface area contributed by atoms with Crippen molar-refractivity contribution in [1.82, 2.24) is 5.06 Å². The summed E-state index contributed by atoms with van der Waals surface area (Å²) in [5.74, 6) is -2.01. The van der Waals surface area contributed by atoms with Crippen LogP contribution in [0.4, 0.5) is 5.69 Å². The van der Waals surface area contributed by atoms with Crippen LogP contribution in [0, 0.1) is 0 Å². The van der Waals surface area contributed by atoms with E-state index < -0.39 is 23.7 Å². The first-order chi connectivity index (χ1) is 10.8. The molecular weight excluding hydrogens is 296 g/mol. The van der Waals surface area contributed by atoms with E-state index in [1.807, 2.05) is 0 Å². The first-order valence-corrected chi connectivity index (χ1v) is 6.98. The SMILES string of the molecule is CN(O)C(=O)C(=O)CC(O)(c1ccccc1)c1cccc(N)c1. The number of amides is 1. The van der Waals surface area contributed by atoms with Crippen LogP contribution in [-0.2, 0) is 15.2 Å². The number of benzene rings is 2. The number of carbonyl (C=O) groups excluding carboxylic acids is 2. The van der Waals surface area contributed by atoms with Crippen molar-refractivity contribution in [3.63, 3.8) is 0 Å². The number of likely N-dealkylation sites (N-methyl/N-ethyl adjacent to an activating group) is 1. The van der Waals surface area contributed by atoms with Crippen molar-refractivity contribution < 1.29 is 19.9 Å². The molecule has 0 aliphatic heterocycles. The molecule has 0 bridgehead atoms. The molecule has 2 aromatic carbocycles. The van der Waals surface area contributed by atoms with Crippen LogP contribution in [0.3, 0.4) is 0 Å². The molecule has 0 spiro atoms. The molecule has 0 aromatic heterocycles. The number of nitrogens with two attached hydrogens (primary N) is 1. The van der Waals surface area contributed by atoms with Gasteiger partial charge in [0.1, 0.15) is 5.60 Å². The summed E-state index contributed by atoms with van der Waals surface area (Å²) in [5, 5.41) is 20.5.